The van der Waals surface area contributed by atoms with Crippen LogP contribution in [0.4, 0.5) is 15.8 Å². The van der Waals surface area contributed by atoms with E-state index in [1.54, 1.807) is 0 Å². The molecule has 0 spiro atoms. The number of hydrogen-bond acceptors (Lipinski definition) is 5. The lowest BCUT2D eigenvalue weighted by atomic mass is 10.1. The minimum atomic E-state index is -1.53. The Morgan fingerprint density at radius 2 is 1.88 bits per heavy atom. The first-order valence-electron chi connectivity index (χ1n) is 4.16. The highest BCUT2D eigenvalue weighted by atomic mass is 19.1. The number of nitrogens with zero attached hydrogens (tertiary/aromatic N) is 2. The average Bonchev–Trinajstić information content (AvgIpc) is 2.15. The minimum absolute atomic E-state index is 0.557. The number of aliphatic carboxylic acids is 1. The minimum Gasteiger partial charge on any atom is -0.481 e. The molecule has 0 unspecified atom stereocenters. The molecule has 8 nitrogen and oxygen atoms in total. The molecule has 0 aliphatic heterocycles. The fraction of sp³-hybridized carbons (Fsp3) is 0.125. The quantitative estimate of drug-likeness (QED) is 0.628. The molecule has 0 aromatic heterocycles. The number of carbonyl (C=O) groups is 1. The third-order valence-corrected chi connectivity index (χ3v) is 1.92. The maximum Gasteiger partial charge on any atom is 0.315 e. The van der Waals surface area contributed by atoms with Gasteiger partial charge in [-0.3, -0.25) is 25.0 Å². The number of carboxylic acid groups (broad SMARTS) is 1. The summed E-state index contributed by atoms with van der Waals surface area (Å²) in [5.41, 5.74) is -2.73. The molecule has 0 bridgehead atoms. The van der Waals surface area contributed by atoms with E-state index in [1.165, 1.54) is 0 Å². The lowest BCUT2D eigenvalue weighted by Gasteiger charge is -2.02. The summed E-state index contributed by atoms with van der Waals surface area (Å²) >= 11 is 0. The summed E-state index contributed by atoms with van der Waals surface area (Å²) < 4.78 is 13.1. The molecule has 1 rings (SSSR count). The van der Waals surface area contributed by atoms with Crippen LogP contribution in [0.5, 0.6) is 0 Å². The highest BCUT2D eigenvalue weighted by molar-refractivity contribution is 5.74. The lowest BCUT2D eigenvalue weighted by molar-refractivity contribution is -0.397. The van der Waals surface area contributed by atoms with Crippen LogP contribution in [0.3, 0.4) is 0 Å². The van der Waals surface area contributed by atoms with Crippen LogP contribution >= 0.6 is 0 Å². The van der Waals surface area contributed by atoms with E-state index < -0.39 is 45.0 Å². The third-order valence-electron chi connectivity index (χ3n) is 1.92. The smallest absolute Gasteiger partial charge is 0.315 e. The SMILES string of the molecule is O=C(O)Cc1c([N+](=O)[O-])ccc(F)c1[N+](=O)[O-]. The van der Waals surface area contributed by atoms with Gasteiger partial charge < -0.3 is 5.11 Å². The maximum absolute atomic E-state index is 13.1. The Morgan fingerprint density at radius 1 is 1.29 bits per heavy atom. The van der Waals surface area contributed by atoms with Crippen LogP contribution in [0.1, 0.15) is 5.56 Å². The summed E-state index contributed by atoms with van der Waals surface area (Å²) in [7, 11) is 0. The Balaban J connectivity index is 3.55. The van der Waals surface area contributed by atoms with Crippen LogP contribution in [0.25, 0.3) is 0 Å². The summed E-state index contributed by atoms with van der Waals surface area (Å²) in [5, 5.41) is 29.6. The van der Waals surface area contributed by atoms with Crippen molar-refractivity contribution in [2.45, 2.75) is 6.42 Å². The van der Waals surface area contributed by atoms with Gasteiger partial charge >= 0.3 is 11.7 Å². The Morgan fingerprint density at radius 3 is 2.29 bits per heavy atom. The topological polar surface area (TPSA) is 124 Å². The number of rotatable bonds is 4. The van der Waals surface area contributed by atoms with Gasteiger partial charge in [-0.05, 0) is 6.07 Å². The van der Waals surface area contributed by atoms with Crippen LogP contribution in [-0.2, 0) is 11.2 Å². The second kappa shape index (κ2) is 4.51. The molecular weight excluding hydrogens is 239 g/mol. The Labute approximate surface area is 92.6 Å². The molecule has 90 valence electrons. The van der Waals surface area contributed by atoms with Crippen LogP contribution in [0, 0.1) is 26.0 Å². The highest BCUT2D eigenvalue weighted by Crippen LogP contribution is 2.31. The van der Waals surface area contributed by atoms with Gasteiger partial charge in [-0.2, -0.15) is 4.39 Å². The number of carboxylic acids is 1. The zero-order valence-electron chi connectivity index (χ0n) is 8.12. The molecule has 0 heterocycles. The molecule has 0 fully saturated rings. The molecule has 17 heavy (non-hydrogen) atoms. The molecule has 9 heteroatoms. The van der Waals surface area contributed by atoms with Gasteiger partial charge in [-0.1, -0.05) is 0 Å². The van der Waals surface area contributed by atoms with Crippen LogP contribution < -0.4 is 0 Å². The first-order valence-corrected chi connectivity index (χ1v) is 4.16. The van der Waals surface area contributed by atoms with Gasteiger partial charge in [0, 0.05) is 6.07 Å². The predicted octanol–water partition coefficient (Wildman–Crippen LogP) is 1.27. The van der Waals surface area contributed by atoms with Gasteiger partial charge in [0.2, 0.25) is 5.82 Å². The Bertz CT molecular complexity index is 515. The molecule has 0 atom stereocenters. The van der Waals surface area contributed by atoms with E-state index in [2.05, 4.69) is 0 Å². The first-order chi connectivity index (χ1) is 7.84. The van der Waals surface area contributed by atoms with Crippen molar-refractivity contribution in [2.24, 2.45) is 0 Å². The summed E-state index contributed by atoms with van der Waals surface area (Å²) in [6.07, 6.45) is -0.996. The lowest BCUT2D eigenvalue weighted by Crippen LogP contribution is -2.08. The van der Waals surface area contributed by atoms with Gasteiger partial charge in [-0.15, -0.1) is 0 Å². The maximum atomic E-state index is 13.1. The summed E-state index contributed by atoms with van der Waals surface area (Å²) in [6, 6.07) is 1.25. The second-order valence-electron chi connectivity index (χ2n) is 2.98. The standard InChI is InChI=1S/C8H5FN2O6/c9-5-1-2-6(10(14)15)4(3-7(12)13)8(5)11(16)17/h1-2H,3H2,(H,12,13). The van der Waals surface area contributed by atoms with Gasteiger partial charge in [0.15, 0.2) is 0 Å². The van der Waals surface area contributed by atoms with E-state index >= 15 is 0 Å². The van der Waals surface area contributed by atoms with E-state index in [1.807, 2.05) is 0 Å². The molecule has 1 aromatic rings. The van der Waals surface area contributed by atoms with Crippen molar-refractivity contribution in [3.8, 4) is 0 Å². The van der Waals surface area contributed by atoms with Crippen molar-refractivity contribution in [1.29, 1.82) is 0 Å². The van der Waals surface area contributed by atoms with Crippen molar-refractivity contribution < 1.29 is 24.1 Å². The van der Waals surface area contributed by atoms with Crippen LogP contribution in [0.2, 0.25) is 0 Å². The molecule has 0 amide bonds. The van der Waals surface area contributed by atoms with Crippen molar-refractivity contribution in [3.05, 3.63) is 43.7 Å². The fourth-order valence-electron chi connectivity index (χ4n) is 1.29. The van der Waals surface area contributed by atoms with E-state index in [-0.39, 0.29) is 0 Å². The molecule has 0 saturated heterocycles. The van der Waals surface area contributed by atoms with Crippen molar-refractivity contribution in [1.82, 2.24) is 0 Å². The normalized spacial score (nSPS) is 9.94. The van der Waals surface area contributed by atoms with E-state index in [4.69, 9.17) is 5.11 Å². The summed E-state index contributed by atoms with van der Waals surface area (Å²) in [6.45, 7) is 0. The third kappa shape index (κ3) is 2.51. The van der Waals surface area contributed by atoms with Crippen LogP contribution in [0.15, 0.2) is 12.1 Å². The van der Waals surface area contributed by atoms with Crippen molar-refractivity contribution in [2.75, 3.05) is 0 Å². The monoisotopic (exact) mass is 244 g/mol. The predicted molar refractivity (Wildman–Crippen MR) is 51.0 cm³/mol. The number of nitro groups is 2. The summed E-state index contributed by atoms with van der Waals surface area (Å²) in [5.74, 6) is -2.83. The van der Waals surface area contributed by atoms with Gasteiger partial charge in [-0.25, -0.2) is 0 Å². The molecule has 0 saturated carbocycles. The van der Waals surface area contributed by atoms with E-state index in [0.29, 0.717) is 12.1 Å². The van der Waals surface area contributed by atoms with Crippen molar-refractivity contribution in [3.63, 3.8) is 0 Å². The Kier molecular flexibility index (Phi) is 3.31. The van der Waals surface area contributed by atoms with Crippen LogP contribution in [-0.4, -0.2) is 20.9 Å². The number of nitro benzene ring substituents is 2. The first kappa shape index (κ1) is 12.5. The largest absolute Gasteiger partial charge is 0.481 e. The molecular formula is C8H5FN2O6. The number of halogens is 1. The van der Waals surface area contributed by atoms with E-state index in [9.17, 15) is 29.4 Å². The second-order valence-corrected chi connectivity index (χ2v) is 2.98. The number of benzene rings is 1. The molecule has 0 aliphatic carbocycles. The van der Waals surface area contributed by atoms with Gasteiger partial charge in [0.1, 0.15) is 5.56 Å². The van der Waals surface area contributed by atoms with Gasteiger partial charge in [0.25, 0.3) is 5.69 Å². The summed E-state index contributed by atoms with van der Waals surface area (Å²) in [4.78, 5) is 29.4. The molecule has 0 radical (unpaired) electrons. The zero-order chi connectivity index (χ0) is 13.2. The molecule has 1 aromatic carbocycles. The molecule has 0 aliphatic rings. The van der Waals surface area contributed by atoms with Crippen molar-refractivity contribution >= 4 is 17.3 Å². The number of hydrogen-bond donors (Lipinski definition) is 1. The van der Waals surface area contributed by atoms with Gasteiger partial charge in [0.05, 0.1) is 16.3 Å². The fourth-order valence-corrected chi connectivity index (χ4v) is 1.29. The molecule has 1 N–H and O–H groups in total. The highest BCUT2D eigenvalue weighted by Gasteiger charge is 2.30. The Hall–Kier alpha value is -2.58. The average molecular weight is 244 g/mol. The van der Waals surface area contributed by atoms with E-state index in [0.717, 1.165) is 0 Å². The zero-order valence-corrected chi connectivity index (χ0v) is 8.12.